The molecule has 0 saturated heterocycles. The molecule has 1 atom stereocenters. The molecule has 19 heavy (non-hydrogen) atoms. The van der Waals surface area contributed by atoms with E-state index in [0.29, 0.717) is 25.1 Å². The van der Waals surface area contributed by atoms with Crippen LogP contribution in [0, 0.1) is 5.82 Å². The molecule has 1 amide bonds. The van der Waals surface area contributed by atoms with Crippen LogP contribution < -0.4 is 11.1 Å². The van der Waals surface area contributed by atoms with Gasteiger partial charge in [-0.2, -0.15) is 0 Å². The van der Waals surface area contributed by atoms with Crippen LogP contribution in [0.4, 0.5) is 4.39 Å². The molecule has 102 valence electrons. The fraction of sp³-hybridized carbons (Fsp3) is 0.417. The first kappa shape index (κ1) is 14.9. The molecule has 0 bridgehead atoms. The summed E-state index contributed by atoms with van der Waals surface area (Å²) in [6.07, 6.45) is 0.558. The van der Waals surface area contributed by atoms with Gasteiger partial charge in [0.15, 0.2) is 0 Å². The lowest BCUT2D eigenvalue weighted by Gasteiger charge is -2.28. The predicted octanol–water partition coefficient (Wildman–Crippen LogP) is 1.82. The highest BCUT2D eigenvalue weighted by molar-refractivity contribution is 5.85. The number of primary amides is 1. The van der Waals surface area contributed by atoms with Crippen LogP contribution in [-0.4, -0.2) is 19.0 Å². The highest BCUT2D eigenvalue weighted by Crippen LogP contribution is 2.21. The number of benzene rings is 1. The van der Waals surface area contributed by atoms with Gasteiger partial charge in [-0.15, -0.1) is 0 Å². The number of amides is 1. The van der Waals surface area contributed by atoms with Gasteiger partial charge in [0.25, 0.3) is 0 Å². The minimum atomic E-state index is -1.15. The third-order valence-electron chi connectivity index (χ3n) is 2.87. The average Bonchev–Trinajstić information content (AvgIpc) is 2.38. The number of hydrogen-bond acceptors (Lipinski definition) is 3. The largest absolute Gasteiger partial charge is 0.368 e. The summed E-state index contributed by atoms with van der Waals surface area (Å²) in [4.78, 5) is 14.2. The van der Waals surface area contributed by atoms with Crippen molar-refractivity contribution >= 4 is 5.91 Å². The Bertz CT molecular complexity index is 501. The molecule has 0 heterocycles. The fourth-order valence-electron chi connectivity index (χ4n) is 1.66. The first-order valence-electron chi connectivity index (χ1n) is 5.82. The molecular weight excluding hydrogens is 249 g/mol. The molecule has 1 rings (SSSR count). The Morgan fingerprint density at radius 3 is 2.95 bits per heavy atom. The van der Waals surface area contributed by atoms with Gasteiger partial charge in [-0.3, -0.25) is 10.1 Å². The standard InChI is InChI=1S/C12H16FN5O/c1-12(11(14)19,16-6-3-7-17-18-15)9-4-2-5-10(13)8-9/h2,4-5,8,16H,3,6-7H2,1H3,(H2,14,19). The molecule has 1 unspecified atom stereocenters. The minimum Gasteiger partial charge on any atom is -0.368 e. The van der Waals surface area contributed by atoms with Crippen LogP contribution in [0.5, 0.6) is 0 Å². The van der Waals surface area contributed by atoms with Gasteiger partial charge in [0.1, 0.15) is 11.4 Å². The van der Waals surface area contributed by atoms with Gasteiger partial charge in [0.05, 0.1) is 0 Å². The molecule has 0 aliphatic rings. The molecule has 3 N–H and O–H groups in total. The summed E-state index contributed by atoms with van der Waals surface area (Å²) in [6, 6.07) is 5.72. The van der Waals surface area contributed by atoms with E-state index < -0.39 is 17.3 Å². The molecular formula is C12H16FN5O. The summed E-state index contributed by atoms with van der Waals surface area (Å²) in [5.74, 6) is -1.03. The van der Waals surface area contributed by atoms with Gasteiger partial charge in [0, 0.05) is 11.5 Å². The van der Waals surface area contributed by atoms with Crippen LogP contribution >= 0.6 is 0 Å². The van der Waals surface area contributed by atoms with Crippen molar-refractivity contribution in [3.8, 4) is 0 Å². The van der Waals surface area contributed by atoms with Gasteiger partial charge < -0.3 is 5.73 Å². The summed E-state index contributed by atoms with van der Waals surface area (Å²) in [5, 5.41) is 6.36. The second kappa shape index (κ2) is 6.72. The van der Waals surface area contributed by atoms with E-state index in [-0.39, 0.29) is 0 Å². The van der Waals surface area contributed by atoms with Crippen LogP contribution in [0.25, 0.3) is 10.4 Å². The van der Waals surface area contributed by atoms with E-state index in [2.05, 4.69) is 15.3 Å². The summed E-state index contributed by atoms with van der Waals surface area (Å²) >= 11 is 0. The molecule has 0 aliphatic carbocycles. The van der Waals surface area contributed by atoms with E-state index >= 15 is 0 Å². The smallest absolute Gasteiger partial charge is 0.242 e. The number of hydrogen-bond donors (Lipinski definition) is 2. The topological polar surface area (TPSA) is 104 Å². The lowest BCUT2D eigenvalue weighted by Crippen LogP contribution is -2.50. The van der Waals surface area contributed by atoms with Crippen molar-refractivity contribution in [2.75, 3.05) is 13.1 Å². The van der Waals surface area contributed by atoms with E-state index in [1.807, 2.05) is 0 Å². The van der Waals surface area contributed by atoms with Crippen molar-refractivity contribution in [3.05, 3.63) is 46.1 Å². The van der Waals surface area contributed by atoms with Gasteiger partial charge in [-0.25, -0.2) is 4.39 Å². The van der Waals surface area contributed by atoms with E-state index in [0.717, 1.165) is 0 Å². The summed E-state index contributed by atoms with van der Waals surface area (Å²) in [7, 11) is 0. The predicted molar refractivity (Wildman–Crippen MR) is 69.6 cm³/mol. The lowest BCUT2D eigenvalue weighted by molar-refractivity contribution is -0.124. The van der Waals surface area contributed by atoms with Crippen LogP contribution in [0.15, 0.2) is 29.4 Å². The Balaban J connectivity index is 2.80. The number of azide groups is 1. The van der Waals surface area contributed by atoms with E-state index in [1.165, 1.54) is 18.2 Å². The van der Waals surface area contributed by atoms with Crippen molar-refractivity contribution in [1.29, 1.82) is 0 Å². The Kier molecular flexibility index (Phi) is 5.29. The van der Waals surface area contributed by atoms with E-state index in [4.69, 9.17) is 11.3 Å². The average molecular weight is 265 g/mol. The number of halogens is 1. The lowest BCUT2D eigenvalue weighted by atomic mass is 9.91. The molecule has 0 saturated carbocycles. The normalized spacial score (nSPS) is 13.4. The second-order valence-electron chi connectivity index (χ2n) is 4.23. The second-order valence-corrected chi connectivity index (χ2v) is 4.23. The van der Waals surface area contributed by atoms with Gasteiger partial charge in [-0.1, -0.05) is 17.2 Å². The zero-order valence-corrected chi connectivity index (χ0v) is 10.6. The maximum absolute atomic E-state index is 13.2. The Morgan fingerprint density at radius 2 is 2.37 bits per heavy atom. The summed E-state index contributed by atoms with van der Waals surface area (Å²) < 4.78 is 13.2. The summed E-state index contributed by atoms with van der Waals surface area (Å²) in [5.41, 5.74) is 12.8. The Hall–Kier alpha value is -2.11. The van der Waals surface area contributed by atoms with Gasteiger partial charge >= 0.3 is 0 Å². The quantitative estimate of drug-likeness (QED) is 0.340. The molecule has 1 aromatic carbocycles. The Morgan fingerprint density at radius 1 is 1.63 bits per heavy atom. The zero-order valence-electron chi connectivity index (χ0n) is 10.6. The number of rotatable bonds is 7. The fourth-order valence-corrected chi connectivity index (χ4v) is 1.66. The van der Waals surface area contributed by atoms with E-state index in [9.17, 15) is 9.18 Å². The Labute approximate surface area is 110 Å². The molecule has 1 aromatic rings. The van der Waals surface area contributed by atoms with Crippen molar-refractivity contribution in [2.45, 2.75) is 18.9 Å². The molecule has 0 radical (unpaired) electrons. The third-order valence-corrected chi connectivity index (χ3v) is 2.87. The SMILES string of the molecule is CC(NCCCN=[N+]=[N-])(C(N)=O)c1cccc(F)c1. The van der Waals surface area contributed by atoms with Crippen molar-refractivity contribution in [2.24, 2.45) is 10.8 Å². The highest BCUT2D eigenvalue weighted by Gasteiger charge is 2.32. The molecule has 7 heteroatoms. The van der Waals surface area contributed by atoms with Crippen LogP contribution in [0.2, 0.25) is 0 Å². The molecule has 0 fully saturated rings. The third kappa shape index (κ3) is 3.94. The van der Waals surface area contributed by atoms with Crippen LogP contribution in [0.1, 0.15) is 18.9 Å². The van der Waals surface area contributed by atoms with E-state index in [1.54, 1.807) is 13.0 Å². The molecule has 6 nitrogen and oxygen atoms in total. The highest BCUT2D eigenvalue weighted by atomic mass is 19.1. The maximum atomic E-state index is 13.2. The van der Waals surface area contributed by atoms with Gasteiger partial charge in [0.2, 0.25) is 5.91 Å². The molecule has 0 aromatic heterocycles. The number of nitrogens with two attached hydrogens (primary N) is 1. The number of carbonyl (C=O) groups is 1. The van der Waals surface area contributed by atoms with Crippen molar-refractivity contribution in [1.82, 2.24) is 5.32 Å². The van der Waals surface area contributed by atoms with Gasteiger partial charge in [-0.05, 0) is 43.1 Å². The first-order valence-corrected chi connectivity index (χ1v) is 5.82. The van der Waals surface area contributed by atoms with Crippen LogP contribution in [0.3, 0.4) is 0 Å². The first-order chi connectivity index (χ1) is 9.00. The maximum Gasteiger partial charge on any atom is 0.242 e. The van der Waals surface area contributed by atoms with Crippen molar-refractivity contribution in [3.63, 3.8) is 0 Å². The van der Waals surface area contributed by atoms with Crippen LogP contribution in [-0.2, 0) is 10.3 Å². The number of nitrogens with one attached hydrogen (secondary N) is 1. The zero-order chi connectivity index (χ0) is 14.3. The minimum absolute atomic E-state index is 0.321. The number of nitrogens with zero attached hydrogens (tertiary/aromatic N) is 3. The summed E-state index contributed by atoms with van der Waals surface area (Å²) in [6.45, 7) is 2.34. The molecule has 0 spiro atoms. The molecule has 0 aliphatic heterocycles. The monoisotopic (exact) mass is 265 g/mol. The van der Waals surface area contributed by atoms with Crippen molar-refractivity contribution < 1.29 is 9.18 Å². The number of carbonyl (C=O) groups excluding carboxylic acids is 1.